The highest BCUT2D eigenvalue weighted by Crippen LogP contribution is 2.16. The molecule has 1 amide bonds. The zero-order valence-corrected chi connectivity index (χ0v) is 11.3. The van der Waals surface area contributed by atoms with Crippen molar-refractivity contribution in [2.75, 3.05) is 5.32 Å². The van der Waals surface area contributed by atoms with Crippen LogP contribution in [0, 0.1) is 17.1 Å². The fraction of sp³-hybridized carbons (Fsp3) is 0.0667. The van der Waals surface area contributed by atoms with Gasteiger partial charge in [-0.2, -0.15) is 5.26 Å². The van der Waals surface area contributed by atoms with Crippen LogP contribution in [0.3, 0.4) is 0 Å². The normalized spacial score (nSPS) is 9.85. The molecule has 0 spiro atoms. The molecule has 2 aromatic rings. The predicted molar refractivity (Wildman–Crippen MR) is 77.1 cm³/mol. The molecule has 0 saturated carbocycles. The van der Waals surface area contributed by atoms with Crippen molar-refractivity contribution in [3.8, 4) is 6.07 Å². The van der Waals surface area contributed by atoms with Crippen LogP contribution in [0.15, 0.2) is 47.4 Å². The zero-order chi connectivity index (χ0) is 14.5. The molecule has 0 aliphatic heterocycles. The lowest BCUT2D eigenvalue weighted by atomic mass is 10.1. The number of amides is 1. The van der Waals surface area contributed by atoms with Gasteiger partial charge in [0, 0.05) is 4.90 Å². The smallest absolute Gasteiger partial charge is 0.228 e. The zero-order valence-electron chi connectivity index (χ0n) is 10.4. The van der Waals surface area contributed by atoms with E-state index in [0.29, 0.717) is 0 Å². The van der Waals surface area contributed by atoms with Gasteiger partial charge in [0.25, 0.3) is 0 Å². The molecule has 5 heteroatoms. The van der Waals surface area contributed by atoms with Crippen LogP contribution in [-0.2, 0) is 11.2 Å². The lowest BCUT2D eigenvalue weighted by Gasteiger charge is -2.07. The number of nitrogens with zero attached hydrogens (tertiary/aromatic N) is 1. The maximum absolute atomic E-state index is 13.6. The Kier molecular flexibility index (Phi) is 4.38. The van der Waals surface area contributed by atoms with E-state index in [1.54, 1.807) is 24.3 Å². The van der Waals surface area contributed by atoms with Gasteiger partial charge in [-0.3, -0.25) is 4.79 Å². The van der Waals surface area contributed by atoms with Crippen LogP contribution >= 0.6 is 12.6 Å². The number of carbonyl (C=O) groups is 1. The maximum Gasteiger partial charge on any atom is 0.228 e. The van der Waals surface area contributed by atoms with Gasteiger partial charge in [-0.1, -0.05) is 12.1 Å². The molecule has 0 aliphatic carbocycles. The van der Waals surface area contributed by atoms with Crippen molar-refractivity contribution in [2.45, 2.75) is 11.3 Å². The van der Waals surface area contributed by atoms with E-state index >= 15 is 0 Å². The number of nitriles is 1. The van der Waals surface area contributed by atoms with E-state index in [0.717, 1.165) is 16.5 Å². The Balaban J connectivity index is 2.05. The molecule has 3 nitrogen and oxygen atoms in total. The Morgan fingerprint density at radius 3 is 2.55 bits per heavy atom. The van der Waals surface area contributed by atoms with Gasteiger partial charge < -0.3 is 5.32 Å². The summed E-state index contributed by atoms with van der Waals surface area (Å²) in [6, 6.07) is 12.9. The molecule has 0 saturated heterocycles. The molecular formula is C15H11FN2OS. The molecule has 0 radical (unpaired) electrons. The standard InChI is InChI=1S/C15H11FN2OS/c16-13-7-11(9-17)3-6-14(13)18-15(19)8-10-1-4-12(20)5-2-10/h1-7,20H,8H2,(H,18,19). The Hall–Kier alpha value is -2.32. The highest BCUT2D eigenvalue weighted by Gasteiger charge is 2.08. The summed E-state index contributed by atoms with van der Waals surface area (Å²) >= 11 is 4.16. The molecule has 0 aliphatic rings. The van der Waals surface area contributed by atoms with Gasteiger partial charge in [0.2, 0.25) is 5.91 Å². The Labute approximate surface area is 121 Å². The molecule has 2 aromatic carbocycles. The summed E-state index contributed by atoms with van der Waals surface area (Å²) in [5.74, 6) is -0.941. The van der Waals surface area contributed by atoms with Gasteiger partial charge in [-0.25, -0.2) is 4.39 Å². The van der Waals surface area contributed by atoms with Gasteiger partial charge in [-0.15, -0.1) is 12.6 Å². The molecule has 0 heterocycles. The van der Waals surface area contributed by atoms with Crippen molar-refractivity contribution in [2.24, 2.45) is 0 Å². The van der Waals surface area contributed by atoms with Crippen LogP contribution in [-0.4, -0.2) is 5.91 Å². The summed E-state index contributed by atoms with van der Waals surface area (Å²) < 4.78 is 13.6. The minimum Gasteiger partial charge on any atom is -0.323 e. The fourth-order valence-electron chi connectivity index (χ4n) is 1.68. The number of anilines is 1. The predicted octanol–water partition coefficient (Wildman–Crippen LogP) is 3.17. The van der Waals surface area contributed by atoms with Crippen LogP contribution in [0.25, 0.3) is 0 Å². The first-order chi connectivity index (χ1) is 9.58. The van der Waals surface area contributed by atoms with Gasteiger partial charge in [0.1, 0.15) is 5.82 Å². The minimum absolute atomic E-state index is 0.0693. The number of hydrogen-bond acceptors (Lipinski definition) is 3. The quantitative estimate of drug-likeness (QED) is 0.852. The van der Waals surface area contributed by atoms with Crippen LogP contribution < -0.4 is 5.32 Å². The van der Waals surface area contributed by atoms with E-state index in [-0.39, 0.29) is 23.6 Å². The van der Waals surface area contributed by atoms with E-state index in [1.807, 2.05) is 6.07 Å². The molecule has 20 heavy (non-hydrogen) atoms. The SMILES string of the molecule is N#Cc1ccc(NC(=O)Cc2ccc(S)cc2)c(F)c1. The van der Waals surface area contributed by atoms with E-state index in [2.05, 4.69) is 17.9 Å². The van der Waals surface area contributed by atoms with Gasteiger partial charge in [-0.05, 0) is 35.9 Å². The summed E-state index contributed by atoms with van der Waals surface area (Å²) in [4.78, 5) is 12.6. The Morgan fingerprint density at radius 1 is 1.25 bits per heavy atom. The van der Waals surface area contributed by atoms with Crippen molar-refractivity contribution in [3.63, 3.8) is 0 Å². The third kappa shape index (κ3) is 3.59. The van der Waals surface area contributed by atoms with E-state index in [1.165, 1.54) is 12.1 Å². The molecule has 2 rings (SSSR count). The largest absolute Gasteiger partial charge is 0.323 e. The van der Waals surface area contributed by atoms with Crippen LogP contribution in [0.2, 0.25) is 0 Å². The van der Waals surface area contributed by atoms with Gasteiger partial charge >= 0.3 is 0 Å². The second-order valence-corrected chi connectivity index (χ2v) is 4.71. The molecule has 0 fully saturated rings. The van der Waals surface area contributed by atoms with Crippen LogP contribution in [0.5, 0.6) is 0 Å². The topological polar surface area (TPSA) is 52.9 Å². The number of rotatable bonds is 3. The molecule has 1 N–H and O–H groups in total. The number of carbonyl (C=O) groups excluding carboxylic acids is 1. The molecule has 0 bridgehead atoms. The fourth-order valence-corrected chi connectivity index (χ4v) is 1.83. The second-order valence-electron chi connectivity index (χ2n) is 4.20. The lowest BCUT2D eigenvalue weighted by Crippen LogP contribution is -2.15. The van der Waals surface area contributed by atoms with Crippen molar-refractivity contribution < 1.29 is 9.18 Å². The highest BCUT2D eigenvalue weighted by molar-refractivity contribution is 7.80. The first kappa shape index (κ1) is 14.1. The maximum atomic E-state index is 13.6. The van der Waals surface area contributed by atoms with Crippen molar-refractivity contribution in [1.29, 1.82) is 5.26 Å². The van der Waals surface area contributed by atoms with Crippen molar-refractivity contribution >= 4 is 24.2 Å². The Bertz CT molecular complexity index is 677. The second kappa shape index (κ2) is 6.22. The third-order valence-corrected chi connectivity index (χ3v) is 2.97. The van der Waals surface area contributed by atoms with Crippen molar-refractivity contribution in [3.05, 3.63) is 59.4 Å². The lowest BCUT2D eigenvalue weighted by molar-refractivity contribution is -0.115. The third-order valence-electron chi connectivity index (χ3n) is 2.67. The van der Waals surface area contributed by atoms with E-state index in [9.17, 15) is 9.18 Å². The number of benzene rings is 2. The summed E-state index contributed by atoms with van der Waals surface area (Å²) in [6.07, 6.45) is 0.146. The molecule has 100 valence electrons. The van der Waals surface area contributed by atoms with Crippen molar-refractivity contribution in [1.82, 2.24) is 0 Å². The molecule has 0 aromatic heterocycles. The summed E-state index contributed by atoms with van der Waals surface area (Å²) in [6.45, 7) is 0. The van der Waals surface area contributed by atoms with E-state index < -0.39 is 5.82 Å². The number of nitrogens with one attached hydrogen (secondary N) is 1. The van der Waals surface area contributed by atoms with Gasteiger partial charge in [0.15, 0.2) is 0 Å². The molecule has 0 unspecified atom stereocenters. The first-order valence-electron chi connectivity index (χ1n) is 5.86. The number of halogens is 1. The molecular weight excluding hydrogens is 275 g/mol. The van der Waals surface area contributed by atoms with Crippen LogP contribution in [0.4, 0.5) is 10.1 Å². The number of hydrogen-bond donors (Lipinski definition) is 2. The average Bonchev–Trinajstić information content (AvgIpc) is 2.43. The number of thiol groups is 1. The van der Waals surface area contributed by atoms with Gasteiger partial charge in [0.05, 0.1) is 23.7 Å². The highest BCUT2D eigenvalue weighted by atomic mass is 32.1. The molecule has 0 atom stereocenters. The minimum atomic E-state index is -0.622. The summed E-state index contributed by atoms with van der Waals surface area (Å²) in [7, 11) is 0. The monoisotopic (exact) mass is 286 g/mol. The average molecular weight is 286 g/mol. The van der Waals surface area contributed by atoms with Crippen LogP contribution in [0.1, 0.15) is 11.1 Å². The van der Waals surface area contributed by atoms with E-state index in [4.69, 9.17) is 5.26 Å². The Morgan fingerprint density at radius 2 is 1.95 bits per heavy atom. The first-order valence-corrected chi connectivity index (χ1v) is 6.30. The summed E-state index contributed by atoms with van der Waals surface area (Å²) in [5.41, 5.74) is 1.10. The summed E-state index contributed by atoms with van der Waals surface area (Å²) in [5, 5.41) is 11.1.